The smallest absolute Gasteiger partial charge is 0.243 e. The van der Waals surface area contributed by atoms with Crippen molar-refractivity contribution < 1.29 is 9.18 Å². The van der Waals surface area contributed by atoms with Crippen LogP contribution in [0.1, 0.15) is 11.1 Å². The molecule has 102 valence electrons. The van der Waals surface area contributed by atoms with E-state index >= 15 is 0 Å². The SMILES string of the molecule is NC(=O)C1(Nc2cccc(F)c2)Cc2ccccc2C1. The highest BCUT2D eigenvalue weighted by molar-refractivity contribution is 5.90. The van der Waals surface area contributed by atoms with Crippen molar-refractivity contribution in [2.75, 3.05) is 5.32 Å². The van der Waals surface area contributed by atoms with Gasteiger partial charge in [-0.05, 0) is 29.3 Å². The first-order chi connectivity index (χ1) is 9.59. The van der Waals surface area contributed by atoms with Gasteiger partial charge in [0.1, 0.15) is 11.4 Å². The molecule has 0 spiro atoms. The summed E-state index contributed by atoms with van der Waals surface area (Å²) in [6.45, 7) is 0. The van der Waals surface area contributed by atoms with Gasteiger partial charge in [-0.2, -0.15) is 0 Å². The van der Waals surface area contributed by atoms with E-state index in [1.165, 1.54) is 12.1 Å². The van der Waals surface area contributed by atoms with Crippen LogP contribution in [0, 0.1) is 5.82 Å². The maximum absolute atomic E-state index is 13.3. The normalized spacial score (nSPS) is 15.7. The lowest BCUT2D eigenvalue weighted by molar-refractivity contribution is -0.122. The summed E-state index contributed by atoms with van der Waals surface area (Å²) in [5.41, 5.74) is 7.50. The molecule has 3 rings (SSSR count). The summed E-state index contributed by atoms with van der Waals surface area (Å²) in [6, 6.07) is 13.9. The molecule has 0 aliphatic heterocycles. The Balaban J connectivity index is 1.94. The second kappa shape index (κ2) is 4.63. The number of benzene rings is 2. The van der Waals surface area contributed by atoms with Crippen molar-refractivity contribution in [1.82, 2.24) is 0 Å². The van der Waals surface area contributed by atoms with Gasteiger partial charge >= 0.3 is 0 Å². The van der Waals surface area contributed by atoms with Crippen LogP contribution < -0.4 is 11.1 Å². The van der Waals surface area contributed by atoms with E-state index in [0.29, 0.717) is 18.5 Å². The van der Waals surface area contributed by atoms with Crippen LogP contribution in [-0.4, -0.2) is 11.4 Å². The number of carbonyl (C=O) groups is 1. The van der Waals surface area contributed by atoms with Crippen molar-refractivity contribution in [3.63, 3.8) is 0 Å². The molecule has 0 radical (unpaired) electrons. The van der Waals surface area contributed by atoms with Crippen LogP contribution in [0.4, 0.5) is 10.1 Å². The second-order valence-corrected chi connectivity index (χ2v) is 5.20. The monoisotopic (exact) mass is 270 g/mol. The standard InChI is InChI=1S/C16H15FN2O/c17-13-6-3-7-14(8-13)19-16(15(18)20)9-11-4-1-2-5-12(11)10-16/h1-8,19H,9-10H2,(H2,18,20). The number of fused-ring (bicyclic) bond motifs is 1. The summed E-state index contributed by atoms with van der Waals surface area (Å²) in [5.74, 6) is -0.761. The van der Waals surface area contributed by atoms with E-state index in [1.54, 1.807) is 12.1 Å². The third kappa shape index (κ3) is 2.13. The fourth-order valence-corrected chi connectivity index (χ4v) is 2.78. The molecule has 1 aliphatic rings. The number of carbonyl (C=O) groups excluding carboxylic acids is 1. The third-order valence-electron chi connectivity index (χ3n) is 3.78. The lowest BCUT2D eigenvalue weighted by Gasteiger charge is -2.28. The van der Waals surface area contributed by atoms with E-state index in [9.17, 15) is 9.18 Å². The summed E-state index contributed by atoms with van der Waals surface area (Å²) in [4.78, 5) is 11.9. The molecule has 0 fully saturated rings. The number of nitrogens with two attached hydrogens (primary N) is 1. The first kappa shape index (κ1) is 12.7. The van der Waals surface area contributed by atoms with Gasteiger partial charge in [0.15, 0.2) is 0 Å². The molecule has 3 N–H and O–H groups in total. The van der Waals surface area contributed by atoms with Crippen molar-refractivity contribution in [2.24, 2.45) is 5.73 Å². The van der Waals surface area contributed by atoms with Gasteiger partial charge < -0.3 is 11.1 Å². The quantitative estimate of drug-likeness (QED) is 0.899. The molecule has 0 saturated carbocycles. The molecule has 0 aromatic heterocycles. The highest BCUT2D eigenvalue weighted by Crippen LogP contribution is 2.33. The van der Waals surface area contributed by atoms with Gasteiger partial charge in [-0.15, -0.1) is 0 Å². The van der Waals surface area contributed by atoms with E-state index < -0.39 is 11.4 Å². The molecule has 1 aliphatic carbocycles. The molecule has 0 saturated heterocycles. The van der Waals surface area contributed by atoms with Gasteiger partial charge in [0.2, 0.25) is 5.91 Å². The first-order valence-electron chi connectivity index (χ1n) is 6.49. The Morgan fingerprint density at radius 2 is 1.75 bits per heavy atom. The number of hydrogen-bond acceptors (Lipinski definition) is 2. The molecule has 0 bridgehead atoms. The maximum atomic E-state index is 13.3. The first-order valence-corrected chi connectivity index (χ1v) is 6.49. The molecule has 1 amide bonds. The van der Waals surface area contributed by atoms with Crippen molar-refractivity contribution in [3.8, 4) is 0 Å². The summed E-state index contributed by atoms with van der Waals surface area (Å²) < 4.78 is 13.3. The van der Waals surface area contributed by atoms with Crippen molar-refractivity contribution in [3.05, 3.63) is 65.5 Å². The largest absolute Gasteiger partial charge is 0.371 e. The molecule has 0 unspecified atom stereocenters. The van der Waals surface area contributed by atoms with E-state index in [0.717, 1.165) is 11.1 Å². The maximum Gasteiger partial charge on any atom is 0.243 e. The predicted octanol–water partition coefficient (Wildman–Crippen LogP) is 2.26. The van der Waals surface area contributed by atoms with Crippen LogP contribution in [0.25, 0.3) is 0 Å². The van der Waals surface area contributed by atoms with Gasteiger partial charge in [0, 0.05) is 18.5 Å². The number of rotatable bonds is 3. The van der Waals surface area contributed by atoms with Gasteiger partial charge in [-0.25, -0.2) is 4.39 Å². The lowest BCUT2D eigenvalue weighted by Crippen LogP contribution is -2.51. The Bertz CT molecular complexity index is 644. The molecular weight excluding hydrogens is 255 g/mol. The zero-order valence-electron chi connectivity index (χ0n) is 10.9. The Morgan fingerprint density at radius 1 is 1.10 bits per heavy atom. The highest BCUT2D eigenvalue weighted by Gasteiger charge is 2.42. The summed E-state index contributed by atoms with van der Waals surface area (Å²) in [5, 5.41) is 3.13. The van der Waals surface area contributed by atoms with Gasteiger partial charge in [-0.3, -0.25) is 4.79 Å². The Morgan fingerprint density at radius 3 is 2.30 bits per heavy atom. The fraction of sp³-hybridized carbons (Fsp3) is 0.188. The molecule has 0 atom stereocenters. The van der Waals surface area contributed by atoms with E-state index in [-0.39, 0.29) is 5.82 Å². The highest BCUT2D eigenvalue weighted by atomic mass is 19.1. The Hall–Kier alpha value is -2.36. The van der Waals surface area contributed by atoms with E-state index in [2.05, 4.69) is 5.32 Å². The molecule has 2 aromatic carbocycles. The molecule has 2 aromatic rings. The van der Waals surface area contributed by atoms with Gasteiger partial charge in [0.05, 0.1) is 0 Å². The number of primary amides is 1. The van der Waals surface area contributed by atoms with Gasteiger partial charge in [-0.1, -0.05) is 30.3 Å². The number of nitrogens with one attached hydrogen (secondary N) is 1. The number of hydrogen-bond donors (Lipinski definition) is 2. The zero-order chi connectivity index (χ0) is 14.2. The number of halogens is 1. The molecule has 3 nitrogen and oxygen atoms in total. The minimum atomic E-state index is -0.878. The van der Waals surface area contributed by atoms with Crippen molar-refractivity contribution >= 4 is 11.6 Å². The number of amides is 1. The zero-order valence-corrected chi connectivity index (χ0v) is 10.9. The van der Waals surface area contributed by atoms with Crippen LogP contribution >= 0.6 is 0 Å². The lowest BCUT2D eigenvalue weighted by atomic mass is 9.94. The molecule has 20 heavy (non-hydrogen) atoms. The van der Waals surface area contributed by atoms with E-state index in [1.807, 2.05) is 24.3 Å². The van der Waals surface area contributed by atoms with Crippen molar-refractivity contribution in [2.45, 2.75) is 18.4 Å². The summed E-state index contributed by atoms with van der Waals surface area (Å²) in [7, 11) is 0. The molecule has 0 heterocycles. The fourth-order valence-electron chi connectivity index (χ4n) is 2.78. The summed E-state index contributed by atoms with van der Waals surface area (Å²) in [6.07, 6.45) is 1.05. The Labute approximate surface area is 116 Å². The predicted molar refractivity (Wildman–Crippen MR) is 75.8 cm³/mol. The average Bonchev–Trinajstić information content (AvgIpc) is 2.78. The molecule has 4 heteroatoms. The van der Waals surface area contributed by atoms with Gasteiger partial charge in [0.25, 0.3) is 0 Å². The van der Waals surface area contributed by atoms with Crippen LogP contribution in [-0.2, 0) is 17.6 Å². The topological polar surface area (TPSA) is 55.1 Å². The van der Waals surface area contributed by atoms with Crippen molar-refractivity contribution in [1.29, 1.82) is 0 Å². The third-order valence-corrected chi connectivity index (χ3v) is 3.78. The van der Waals surface area contributed by atoms with Crippen LogP contribution in [0.15, 0.2) is 48.5 Å². The van der Waals surface area contributed by atoms with E-state index in [4.69, 9.17) is 5.73 Å². The Kier molecular flexibility index (Phi) is 2.93. The van der Waals surface area contributed by atoms with Crippen LogP contribution in [0.3, 0.4) is 0 Å². The average molecular weight is 270 g/mol. The van der Waals surface area contributed by atoms with Crippen LogP contribution in [0.5, 0.6) is 0 Å². The van der Waals surface area contributed by atoms with Crippen LogP contribution in [0.2, 0.25) is 0 Å². The minimum absolute atomic E-state index is 0.342. The second-order valence-electron chi connectivity index (χ2n) is 5.20. The summed E-state index contributed by atoms with van der Waals surface area (Å²) >= 11 is 0. The minimum Gasteiger partial charge on any atom is -0.371 e. The molecular formula is C16H15FN2O. The number of anilines is 1.